The fourth-order valence-corrected chi connectivity index (χ4v) is 3.42. The molecule has 130 valence electrons. The first-order valence-corrected chi connectivity index (χ1v) is 8.62. The highest BCUT2D eigenvalue weighted by atomic mass is 16.5. The van der Waals surface area contributed by atoms with E-state index >= 15 is 0 Å². The lowest BCUT2D eigenvalue weighted by Crippen LogP contribution is -2.49. The smallest absolute Gasteiger partial charge is 0.244 e. The van der Waals surface area contributed by atoms with Crippen LogP contribution in [-0.2, 0) is 9.53 Å². The van der Waals surface area contributed by atoms with Crippen molar-refractivity contribution < 1.29 is 14.3 Å². The Kier molecular flexibility index (Phi) is 5.53. The Morgan fingerprint density at radius 2 is 2.38 bits per heavy atom. The maximum Gasteiger partial charge on any atom is 0.244 e. The Labute approximate surface area is 143 Å². The molecule has 0 spiro atoms. The number of allylic oxidation sites excluding steroid dienone is 1. The van der Waals surface area contributed by atoms with Gasteiger partial charge in [0.05, 0.1) is 19.8 Å². The molecule has 0 aliphatic carbocycles. The summed E-state index contributed by atoms with van der Waals surface area (Å²) in [6.07, 6.45) is 4.22. The Morgan fingerprint density at radius 1 is 1.50 bits per heavy atom. The second-order valence-corrected chi connectivity index (χ2v) is 6.55. The van der Waals surface area contributed by atoms with Gasteiger partial charge in [0.1, 0.15) is 5.75 Å². The molecule has 1 aromatic rings. The second-order valence-electron chi connectivity index (χ2n) is 6.55. The third kappa shape index (κ3) is 4.16. The van der Waals surface area contributed by atoms with E-state index in [-0.39, 0.29) is 12.0 Å². The van der Waals surface area contributed by atoms with E-state index in [9.17, 15) is 4.79 Å². The van der Waals surface area contributed by atoms with Gasteiger partial charge in [-0.15, -0.1) is 0 Å². The van der Waals surface area contributed by atoms with E-state index in [2.05, 4.69) is 10.2 Å². The summed E-state index contributed by atoms with van der Waals surface area (Å²) in [5, 5.41) is 2.96. The molecule has 2 heterocycles. The summed E-state index contributed by atoms with van der Waals surface area (Å²) in [7, 11) is 1.64. The van der Waals surface area contributed by atoms with Crippen LogP contribution in [0.4, 0.5) is 0 Å². The van der Waals surface area contributed by atoms with E-state index in [0.29, 0.717) is 12.6 Å². The number of carbonyl (C=O) groups is 1. The minimum atomic E-state index is -0.0811. The highest BCUT2D eigenvalue weighted by Gasteiger charge is 2.32. The highest BCUT2D eigenvalue weighted by Crippen LogP contribution is 2.22. The third-order valence-electron chi connectivity index (χ3n) is 4.84. The minimum absolute atomic E-state index is 0.0811. The lowest BCUT2D eigenvalue weighted by Gasteiger charge is -2.35. The minimum Gasteiger partial charge on any atom is -0.497 e. The first-order chi connectivity index (χ1) is 11.7. The highest BCUT2D eigenvalue weighted by molar-refractivity contribution is 5.94. The fraction of sp³-hybridized carbons (Fsp3) is 0.526. The van der Waals surface area contributed by atoms with Gasteiger partial charge in [-0.2, -0.15) is 0 Å². The number of methoxy groups -OCH3 is 1. The first kappa shape index (κ1) is 17.0. The lowest BCUT2D eigenvalue weighted by atomic mass is 10.1. The Morgan fingerprint density at radius 3 is 3.21 bits per heavy atom. The number of fused-ring (bicyclic) bond motifs is 1. The zero-order valence-corrected chi connectivity index (χ0v) is 14.5. The molecule has 3 rings (SSSR count). The molecule has 5 heteroatoms. The van der Waals surface area contributed by atoms with Gasteiger partial charge in [-0.1, -0.05) is 12.1 Å². The van der Waals surface area contributed by atoms with Gasteiger partial charge in [0.25, 0.3) is 0 Å². The van der Waals surface area contributed by atoms with Crippen LogP contribution in [-0.4, -0.2) is 56.3 Å². The molecule has 0 bridgehead atoms. The number of nitrogens with zero attached hydrogens (tertiary/aromatic N) is 1. The van der Waals surface area contributed by atoms with Gasteiger partial charge in [-0.25, -0.2) is 0 Å². The van der Waals surface area contributed by atoms with Gasteiger partial charge in [-0.05, 0) is 49.6 Å². The molecule has 1 amide bonds. The Balaban J connectivity index is 1.51. The van der Waals surface area contributed by atoms with E-state index < -0.39 is 0 Å². The Hall–Kier alpha value is -1.85. The van der Waals surface area contributed by atoms with E-state index in [1.54, 1.807) is 13.2 Å². The molecule has 24 heavy (non-hydrogen) atoms. The van der Waals surface area contributed by atoms with E-state index in [1.807, 2.05) is 31.2 Å². The summed E-state index contributed by atoms with van der Waals surface area (Å²) in [5.41, 5.74) is 1.90. The van der Waals surface area contributed by atoms with E-state index in [4.69, 9.17) is 9.47 Å². The summed E-state index contributed by atoms with van der Waals surface area (Å²) < 4.78 is 11.1. The van der Waals surface area contributed by atoms with Crippen LogP contribution >= 0.6 is 0 Å². The molecular formula is C19H26N2O3. The molecule has 0 saturated carbocycles. The molecule has 2 aliphatic rings. The molecule has 2 aliphatic heterocycles. The maximum atomic E-state index is 12.2. The number of hydrogen-bond donors (Lipinski definition) is 1. The molecule has 1 aromatic carbocycles. The second kappa shape index (κ2) is 7.81. The third-order valence-corrected chi connectivity index (χ3v) is 4.84. The molecule has 0 aromatic heterocycles. The van der Waals surface area contributed by atoms with Gasteiger partial charge in [0.2, 0.25) is 5.91 Å². The number of amides is 1. The summed E-state index contributed by atoms with van der Waals surface area (Å²) in [4.78, 5) is 14.6. The van der Waals surface area contributed by atoms with Crippen LogP contribution in [0.5, 0.6) is 5.75 Å². The zero-order valence-electron chi connectivity index (χ0n) is 14.5. The SMILES string of the molecule is COc1cccc(/C(C)=C/C(=O)NC[C@H]2CN3CCC[C@H]3CO2)c1. The van der Waals surface area contributed by atoms with Crippen LogP contribution in [0, 0.1) is 0 Å². The number of ether oxygens (including phenoxy) is 2. The zero-order chi connectivity index (χ0) is 16.9. The van der Waals surface area contributed by atoms with Gasteiger partial charge in [-0.3, -0.25) is 9.69 Å². The van der Waals surface area contributed by atoms with Crippen molar-refractivity contribution in [1.82, 2.24) is 10.2 Å². The number of morpholine rings is 1. The molecular weight excluding hydrogens is 304 g/mol. The topological polar surface area (TPSA) is 50.8 Å². The first-order valence-electron chi connectivity index (χ1n) is 8.62. The van der Waals surface area contributed by atoms with Crippen LogP contribution < -0.4 is 10.1 Å². The van der Waals surface area contributed by atoms with Crippen molar-refractivity contribution in [1.29, 1.82) is 0 Å². The molecule has 0 unspecified atom stereocenters. The Bertz CT molecular complexity index is 614. The monoisotopic (exact) mass is 330 g/mol. The van der Waals surface area contributed by atoms with Gasteiger partial charge < -0.3 is 14.8 Å². The average Bonchev–Trinajstić information content (AvgIpc) is 3.07. The number of nitrogens with one attached hydrogen (secondary N) is 1. The van der Waals surface area contributed by atoms with Crippen molar-refractivity contribution in [2.24, 2.45) is 0 Å². The van der Waals surface area contributed by atoms with Crippen molar-refractivity contribution in [3.63, 3.8) is 0 Å². The van der Waals surface area contributed by atoms with Crippen molar-refractivity contribution in [3.05, 3.63) is 35.9 Å². The molecule has 2 atom stereocenters. The van der Waals surface area contributed by atoms with Gasteiger partial charge in [0, 0.05) is 25.2 Å². The molecule has 2 saturated heterocycles. The number of carbonyl (C=O) groups excluding carboxylic acids is 1. The normalized spacial score (nSPS) is 24.5. The predicted octanol–water partition coefficient (Wildman–Crippen LogP) is 2.08. The quantitative estimate of drug-likeness (QED) is 0.840. The van der Waals surface area contributed by atoms with Crippen LogP contribution in [0.1, 0.15) is 25.3 Å². The van der Waals surface area contributed by atoms with Crippen molar-refractivity contribution in [3.8, 4) is 5.75 Å². The maximum absolute atomic E-state index is 12.2. The number of rotatable bonds is 5. The van der Waals surface area contributed by atoms with E-state index in [0.717, 1.165) is 36.6 Å². The molecule has 2 fully saturated rings. The standard InChI is InChI=1S/C19H26N2O3/c1-14(15-5-3-7-17(10-15)23-2)9-19(22)20-11-18-12-21-8-4-6-16(21)13-24-18/h3,5,7,9-10,16,18H,4,6,8,11-13H2,1-2H3,(H,20,22)/b14-9+/t16-,18-/m0/s1. The van der Waals surface area contributed by atoms with E-state index in [1.165, 1.54) is 12.8 Å². The molecule has 1 N–H and O–H groups in total. The lowest BCUT2D eigenvalue weighted by molar-refractivity contribution is -0.118. The van der Waals surface area contributed by atoms with Crippen LogP contribution in [0.15, 0.2) is 30.3 Å². The molecule has 5 nitrogen and oxygen atoms in total. The summed E-state index contributed by atoms with van der Waals surface area (Å²) in [5.74, 6) is 0.707. The van der Waals surface area contributed by atoms with Crippen LogP contribution in [0.2, 0.25) is 0 Å². The average molecular weight is 330 g/mol. The van der Waals surface area contributed by atoms with Crippen LogP contribution in [0.3, 0.4) is 0 Å². The summed E-state index contributed by atoms with van der Waals surface area (Å²) in [6, 6.07) is 8.30. The summed E-state index contributed by atoms with van der Waals surface area (Å²) in [6.45, 7) is 5.36. The summed E-state index contributed by atoms with van der Waals surface area (Å²) >= 11 is 0. The van der Waals surface area contributed by atoms with Crippen molar-refractivity contribution >= 4 is 11.5 Å². The van der Waals surface area contributed by atoms with Crippen molar-refractivity contribution in [2.45, 2.75) is 31.9 Å². The van der Waals surface area contributed by atoms with Crippen molar-refractivity contribution in [2.75, 3.05) is 33.4 Å². The fourth-order valence-electron chi connectivity index (χ4n) is 3.42. The van der Waals surface area contributed by atoms with Gasteiger partial charge in [0.15, 0.2) is 0 Å². The van der Waals surface area contributed by atoms with Crippen LogP contribution in [0.25, 0.3) is 5.57 Å². The van der Waals surface area contributed by atoms with Gasteiger partial charge >= 0.3 is 0 Å². The largest absolute Gasteiger partial charge is 0.497 e. The number of benzene rings is 1. The molecule has 0 radical (unpaired) electrons. The number of hydrogen-bond acceptors (Lipinski definition) is 4. The predicted molar refractivity (Wildman–Crippen MR) is 94.0 cm³/mol.